The topological polar surface area (TPSA) is 54.2 Å². The summed E-state index contributed by atoms with van der Waals surface area (Å²) in [6, 6.07) is 3.72. The molecule has 1 N–H and O–H groups in total. The Bertz CT molecular complexity index is 512. The monoisotopic (exact) mass is 266 g/mol. The number of aliphatic hydroxyl groups excluding tert-OH is 1. The van der Waals surface area contributed by atoms with Crippen molar-refractivity contribution in [1.82, 2.24) is 14.8 Å². The maximum atomic E-state index is 9.69. The summed E-state index contributed by atoms with van der Waals surface area (Å²) in [5.41, 5.74) is 1.53. The van der Waals surface area contributed by atoms with Gasteiger partial charge in [0, 0.05) is 12.7 Å². The van der Waals surface area contributed by atoms with Crippen molar-refractivity contribution in [3.63, 3.8) is 0 Å². The lowest BCUT2D eigenvalue weighted by Gasteiger charge is -2.24. The highest BCUT2D eigenvalue weighted by Crippen LogP contribution is 2.26. The van der Waals surface area contributed by atoms with E-state index in [1.54, 1.807) is 35.1 Å². The van der Waals surface area contributed by atoms with E-state index in [0.717, 1.165) is 5.69 Å². The first-order chi connectivity index (χ1) is 8.63. The minimum atomic E-state index is -0.612. The molecule has 2 rings (SSSR count). The highest BCUT2D eigenvalue weighted by molar-refractivity contribution is 6.32. The number of aliphatic hydroxyl groups is 1. The van der Waals surface area contributed by atoms with E-state index in [4.69, 9.17) is 11.6 Å². The zero-order chi connectivity index (χ0) is 13.1. The Morgan fingerprint density at radius 2 is 2.33 bits per heavy atom. The molecule has 0 saturated carbocycles. The van der Waals surface area contributed by atoms with Crippen molar-refractivity contribution < 1.29 is 5.11 Å². The molecule has 5 nitrogen and oxygen atoms in total. The molecule has 1 atom stereocenters. The summed E-state index contributed by atoms with van der Waals surface area (Å²) >= 11 is 6.11. The molecule has 0 radical (unpaired) electrons. The first-order valence-corrected chi connectivity index (χ1v) is 6.11. The number of nitrogens with zero attached hydrogens (tertiary/aromatic N) is 4. The molecule has 1 unspecified atom stereocenters. The van der Waals surface area contributed by atoms with E-state index >= 15 is 0 Å². The lowest BCUT2D eigenvalue weighted by molar-refractivity contribution is 0.190. The van der Waals surface area contributed by atoms with Gasteiger partial charge in [0.25, 0.3) is 0 Å². The molecule has 96 valence electrons. The first-order valence-electron chi connectivity index (χ1n) is 5.73. The third kappa shape index (κ3) is 2.47. The Morgan fingerprint density at radius 3 is 2.89 bits per heavy atom. The predicted octanol–water partition coefficient (Wildman–Crippen LogP) is 2.09. The van der Waals surface area contributed by atoms with Crippen molar-refractivity contribution in [2.45, 2.75) is 20.1 Å². The Balaban J connectivity index is 2.38. The SMILES string of the molecule is CCN(c1cn(-c2cccnc2)nc1Cl)C(C)O. The molecule has 0 aliphatic rings. The maximum Gasteiger partial charge on any atom is 0.174 e. The van der Waals surface area contributed by atoms with Crippen LogP contribution in [-0.4, -0.2) is 32.6 Å². The van der Waals surface area contributed by atoms with E-state index in [-0.39, 0.29) is 0 Å². The second-order valence-corrected chi connectivity index (χ2v) is 4.24. The quantitative estimate of drug-likeness (QED) is 0.861. The van der Waals surface area contributed by atoms with Gasteiger partial charge in [0.1, 0.15) is 6.23 Å². The standard InChI is InChI=1S/C12H15ClN4O/c1-3-16(9(2)18)11-8-17(15-12(11)13)10-5-4-6-14-7-10/h4-9,18H,3H2,1-2H3. The number of halogens is 1. The normalized spacial score (nSPS) is 12.4. The van der Waals surface area contributed by atoms with Gasteiger partial charge >= 0.3 is 0 Å². The van der Waals surface area contributed by atoms with Crippen LogP contribution >= 0.6 is 11.6 Å². The van der Waals surface area contributed by atoms with Gasteiger partial charge in [0.15, 0.2) is 5.15 Å². The van der Waals surface area contributed by atoms with E-state index in [2.05, 4.69) is 10.1 Å². The summed E-state index contributed by atoms with van der Waals surface area (Å²) in [5.74, 6) is 0. The summed E-state index contributed by atoms with van der Waals surface area (Å²) in [5, 5.41) is 14.3. The number of hydrogen-bond donors (Lipinski definition) is 1. The van der Waals surface area contributed by atoms with Gasteiger partial charge in [-0.2, -0.15) is 5.10 Å². The average molecular weight is 267 g/mol. The Labute approximate surface area is 111 Å². The van der Waals surface area contributed by atoms with Gasteiger partial charge in [-0.05, 0) is 26.0 Å². The van der Waals surface area contributed by atoms with Gasteiger partial charge in [-0.25, -0.2) is 4.68 Å². The second kappa shape index (κ2) is 5.37. The molecule has 2 aromatic rings. The fourth-order valence-corrected chi connectivity index (χ4v) is 2.03. The third-order valence-corrected chi connectivity index (χ3v) is 2.93. The van der Waals surface area contributed by atoms with Crippen molar-refractivity contribution in [3.8, 4) is 5.69 Å². The number of aromatic nitrogens is 3. The smallest absolute Gasteiger partial charge is 0.174 e. The van der Waals surface area contributed by atoms with Crippen molar-refractivity contribution in [2.24, 2.45) is 0 Å². The van der Waals surface area contributed by atoms with Crippen LogP contribution in [-0.2, 0) is 0 Å². The number of rotatable bonds is 4. The highest BCUT2D eigenvalue weighted by Gasteiger charge is 2.17. The summed E-state index contributed by atoms with van der Waals surface area (Å²) < 4.78 is 1.65. The number of anilines is 1. The van der Waals surface area contributed by atoms with Crippen molar-refractivity contribution >= 4 is 17.3 Å². The van der Waals surface area contributed by atoms with Gasteiger partial charge in [0.2, 0.25) is 0 Å². The van der Waals surface area contributed by atoms with Crippen molar-refractivity contribution in [1.29, 1.82) is 0 Å². The molecule has 0 fully saturated rings. The largest absolute Gasteiger partial charge is 0.374 e. The van der Waals surface area contributed by atoms with Crippen LogP contribution in [0, 0.1) is 0 Å². The Hall–Kier alpha value is -1.59. The predicted molar refractivity (Wildman–Crippen MR) is 71.1 cm³/mol. The van der Waals surface area contributed by atoms with Crippen LogP contribution in [0.1, 0.15) is 13.8 Å². The molecule has 0 aliphatic heterocycles. The summed E-state index contributed by atoms with van der Waals surface area (Å²) in [6.45, 7) is 4.29. The van der Waals surface area contributed by atoms with E-state index in [1.807, 2.05) is 19.1 Å². The van der Waals surface area contributed by atoms with Gasteiger partial charge in [0.05, 0.1) is 23.8 Å². The fraction of sp³-hybridized carbons (Fsp3) is 0.333. The molecule has 6 heteroatoms. The lowest BCUT2D eigenvalue weighted by atomic mass is 10.4. The van der Waals surface area contributed by atoms with Crippen LogP contribution in [0.4, 0.5) is 5.69 Å². The Kier molecular flexibility index (Phi) is 3.84. The Morgan fingerprint density at radius 1 is 1.56 bits per heavy atom. The second-order valence-electron chi connectivity index (χ2n) is 3.88. The van der Waals surface area contributed by atoms with Crippen LogP contribution in [0.25, 0.3) is 5.69 Å². The molecule has 0 spiro atoms. The van der Waals surface area contributed by atoms with E-state index < -0.39 is 6.23 Å². The molecule has 0 amide bonds. The molecule has 0 saturated heterocycles. The van der Waals surface area contributed by atoms with E-state index in [0.29, 0.717) is 17.4 Å². The van der Waals surface area contributed by atoms with Gasteiger partial charge in [-0.3, -0.25) is 4.98 Å². The van der Waals surface area contributed by atoms with Crippen LogP contribution < -0.4 is 4.90 Å². The fourth-order valence-electron chi connectivity index (χ4n) is 1.79. The summed E-state index contributed by atoms with van der Waals surface area (Å²) in [7, 11) is 0. The average Bonchev–Trinajstić information content (AvgIpc) is 2.73. The van der Waals surface area contributed by atoms with Gasteiger partial charge in [-0.15, -0.1) is 0 Å². The molecule has 0 aliphatic carbocycles. The van der Waals surface area contributed by atoms with E-state index in [1.165, 1.54) is 0 Å². The molecular weight excluding hydrogens is 252 g/mol. The third-order valence-electron chi connectivity index (χ3n) is 2.66. The van der Waals surface area contributed by atoms with Crippen LogP contribution in [0.3, 0.4) is 0 Å². The van der Waals surface area contributed by atoms with Gasteiger partial charge in [-0.1, -0.05) is 11.6 Å². The zero-order valence-electron chi connectivity index (χ0n) is 10.3. The molecular formula is C12H15ClN4O. The van der Waals surface area contributed by atoms with Crippen LogP contribution in [0.5, 0.6) is 0 Å². The van der Waals surface area contributed by atoms with Gasteiger partial charge < -0.3 is 10.0 Å². The number of hydrogen-bond acceptors (Lipinski definition) is 4. The minimum absolute atomic E-state index is 0.363. The molecule has 2 aromatic heterocycles. The van der Waals surface area contributed by atoms with Crippen molar-refractivity contribution in [3.05, 3.63) is 35.9 Å². The molecule has 18 heavy (non-hydrogen) atoms. The molecule has 2 heterocycles. The maximum absolute atomic E-state index is 9.69. The lowest BCUT2D eigenvalue weighted by Crippen LogP contribution is -2.32. The van der Waals surface area contributed by atoms with E-state index in [9.17, 15) is 5.11 Å². The minimum Gasteiger partial charge on any atom is -0.374 e. The van der Waals surface area contributed by atoms with Crippen LogP contribution in [0.2, 0.25) is 5.15 Å². The highest BCUT2D eigenvalue weighted by atomic mass is 35.5. The summed E-state index contributed by atoms with van der Waals surface area (Å²) in [4.78, 5) is 5.80. The molecule has 0 bridgehead atoms. The van der Waals surface area contributed by atoms with Crippen molar-refractivity contribution in [2.75, 3.05) is 11.4 Å². The van der Waals surface area contributed by atoms with Crippen LogP contribution in [0.15, 0.2) is 30.7 Å². The summed E-state index contributed by atoms with van der Waals surface area (Å²) in [6.07, 6.45) is 4.57. The number of pyridine rings is 1. The molecule has 0 aromatic carbocycles. The zero-order valence-corrected chi connectivity index (χ0v) is 11.0. The first kappa shape index (κ1) is 12.9.